The molecule has 1 saturated heterocycles. The Labute approximate surface area is 113 Å². The third-order valence-electron chi connectivity index (χ3n) is 3.64. The van der Waals surface area contributed by atoms with Gasteiger partial charge in [0.15, 0.2) is 0 Å². The lowest BCUT2D eigenvalue weighted by Gasteiger charge is -2.27. The fourth-order valence-electron chi connectivity index (χ4n) is 2.32. The Bertz CT molecular complexity index is 468. The number of urea groups is 1. The lowest BCUT2D eigenvalue weighted by Crippen LogP contribution is -2.44. The van der Waals surface area contributed by atoms with Crippen molar-refractivity contribution >= 4 is 11.9 Å². The van der Waals surface area contributed by atoms with Gasteiger partial charge in [-0.3, -0.25) is 10.1 Å². The lowest BCUT2D eigenvalue weighted by molar-refractivity contribution is -0.125. The maximum Gasteiger partial charge on any atom is 0.324 e. The molecule has 0 unspecified atom stereocenters. The van der Waals surface area contributed by atoms with Gasteiger partial charge in [-0.2, -0.15) is 0 Å². The van der Waals surface area contributed by atoms with E-state index in [2.05, 4.69) is 17.4 Å². The standard InChI is InChI=1S/C15H20N2O2/c1-15(2)13(18)16-14(19)17(15)11-7-6-10-12-8-4-3-5-9-12/h3-5,8-9H,6-7,10-11H2,1-2H3,(H,16,18,19). The number of hydrogen-bond donors (Lipinski definition) is 1. The quantitative estimate of drug-likeness (QED) is 0.652. The van der Waals surface area contributed by atoms with E-state index in [4.69, 9.17) is 0 Å². The molecule has 1 aliphatic heterocycles. The molecule has 0 aliphatic carbocycles. The van der Waals surface area contributed by atoms with Crippen LogP contribution in [0.4, 0.5) is 4.79 Å². The first-order valence-corrected chi connectivity index (χ1v) is 6.69. The lowest BCUT2D eigenvalue weighted by atomic mass is 10.0. The van der Waals surface area contributed by atoms with Crippen molar-refractivity contribution in [3.05, 3.63) is 35.9 Å². The van der Waals surface area contributed by atoms with Crippen LogP contribution in [0.3, 0.4) is 0 Å². The number of amides is 3. The number of hydrogen-bond acceptors (Lipinski definition) is 2. The van der Waals surface area contributed by atoms with Crippen LogP contribution in [0.15, 0.2) is 30.3 Å². The van der Waals surface area contributed by atoms with Gasteiger partial charge in [0.2, 0.25) is 0 Å². The van der Waals surface area contributed by atoms with Crippen LogP contribution < -0.4 is 5.32 Å². The summed E-state index contributed by atoms with van der Waals surface area (Å²) >= 11 is 0. The molecule has 1 heterocycles. The van der Waals surface area contributed by atoms with E-state index in [0.717, 1.165) is 19.3 Å². The third-order valence-corrected chi connectivity index (χ3v) is 3.64. The molecule has 3 amide bonds. The summed E-state index contributed by atoms with van der Waals surface area (Å²) in [6.45, 7) is 4.19. The van der Waals surface area contributed by atoms with Gasteiger partial charge in [-0.1, -0.05) is 30.3 Å². The molecule has 0 spiro atoms. The van der Waals surface area contributed by atoms with E-state index in [1.165, 1.54) is 5.56 Å². The van der Waals surface area contributed by atoms with Crippen molar-refractivity contribution in [2.45, 2.75) is 38.6 Å². The highest BCUT2D eigenvalue weighted by Gasteiger charge is 2.44. The molecule has 1 aliphatic rings. The number of nitrogens with one attached hydrogen (secondary N) is 1. The molecular weight excluding hydrogens is 240 g/mol. The zero-order chi connectivity index (χ0) is 13.9. The Morgan fingerprint density at radius 2 is 1.79 bits per heavy atom. The predicted molar refractivity (Wildman–Crippen MR) is 73.7 cm³/mol. The molecule has 0 saturated carbocycles. The number of rotatable bonds is 5. The van der Waals surface area contributed by atoms with Crippen molar-refractivity contribution in [2.24, 2.45) is 0 Å². The second kappa shape index (κ2) is 5.43. The highest BCUT2D eigenvalue weighted by molar-refractivity contribution is 6.06. The number of carbonyl (C=O) groups is 2. The van der Waals surface area contributed by atoms with E-state index in [1.807, 2.05) is 18.2 Å². The summed E-state index contributed by atoms with van der Waals surface area (Å²) in [6.07, 6.45) is 2.92. The van der Waals surface area contributed by atoms with Crippen LogP contribution in [-0.2, 0) is 11.2 Å². The Balaban J connectivity index is 1.80. The highest BCUT2D eigenvalue weighted by Crippen LogP contribution is 2.21. The van der Waals surface area contributed by atoms with Crippen LogP contribution >= 0.6 is 0 Å². The van der Waals surface area contributed by atoms with E-state index in [1.54, 1.807) is 18.7 Å². The highest BCUT2D eigenvalue weighted by atomic mass is 16.2. The van der Waals surface area contributed by atoms with Crippen molar-refractivity contribution in [3.63, 3.8) is 0 Å². The summed E-state index contributed by atoms with van der Waals surface area (Å²) in [5.41, 5.74) is 0.591. The summed E-state index contributed by atoms with van der Waals surface area (Å²) in [4.78, 5) is 24.9. The summed E-state index contributed by atoms with van der Waals surface area (Å²) in [5, 5.41) is 2.36. The SMILES string of the molecule is CC1(C)C(=O)NC(=O)N1CCCCc1ccccc1. The minimum atomic E-state index is -0.718. The van der Waals surface area contributed by atoms with Crippen molar-refractivity contribution in [1.29, 1.82) is 0 Å². The molecule has 1 aromatic carbocycles. The summed E-state index contributed by atoms with van der Waals surface area (Å²) < 4.78 is 0. The topological polar surface area (TPSA) is 49.4 Å². The monoisotopic (exact) mass is 260 g/mol. The molecule has 102 valence electrons. The first kappa shape index (κ1) is 13.6. The van der Waals surface area contributed by atoms with E-state index < -0.39 is 5.54 Å². The molecule has 4 heteroatoms. The molecular formula is C15H20N2O2. The molecule has 1 N–H and O–H groups in total. The molecule has 0 bridgehead atoms. The van der Waals surface area contributed by atoms with E-state index in [0.29, 0.717) is 6.54 Å². The summed E-state index contributed by atoms with van der Waals surface area (Å²) in [7, 11) is 0. The van der Waals surface area contributed by atoms with Crippen LogP contribution in [0.1, 0.15) is 32.3 Å². The number of nitrogens with zero attached hydrogens (tertiary/aromatic N) is 1. The van der Waals surface area contributed by atoms with E-state index in [9.17, 15) is 9.59 Å². The maximum atomic E-state index is 11.7. The van der Waals surface area contributed by atoms with Crippen LogP contribution in [0, 0.1) is 0 Å². The van der Waals surface area contributed by atoms with Gasteiger partial charge in [-0.15, -0.1) is 0 Å². The molecule has 4 nitrogen and oxygen atoms in total. The van der Waals surface area contributed by atoms with Gasteiger partial charge in [0.25, 0.3) is 5.91 Å². The average molecular weight is 260 g/mol. The smallest absolute Gasteiger partial charge is 0.310 e. The number of aryl methyl sites for hydroxylation is 1. The molecule has 2 rings (SSSR count). The first-order chi connectivity index (χ1) is 9.01. The summed E-state index contributed by atoms with van der Waals surface area (Å²) in [6, 6.07) is 10.0. The van der Waals surface area contributed by atoms with Gasteiger partial charge in [0, 0.05) is 6.54 Å². The number of carbonyl (C=O) groups excluding carboxylic acids is 2. The second-order valence-electron chi connectivity index (χ2n) is 5.41. The number of imide groups is 1. The fraction of sp³-hybridized carbons (Fsp3) is 0.467. The van der Waals surface area contributed by atoms with E-state index >= 15 is 0 Å². The van der Waals surface area contributed by atoms with Gasteiger partial charge >= 0.3 is 6.03 Å². The number of benzene rings is 1. The molecule has 0 atom stereocenters. The molecule has 0 radical (unpaired) electrons. The number of unbranched alkanes of at least 4 members (excludes halogenated alkanes) is 1. The maximum absolute atomic E-state index is 11.7. The van der Waals surface area contributed by atoms with Crippen LogP contribution in [0.2, 0.25) is 0 Å². The van der Waals surface area contributed by atoms with Gasteiger partial charge in [-0.25, -0.2) is 4.79 Å². The Kier molecular flexibility index (Phi) is 3.88. The third kappa shape index (κ3) is 2.95. The first-order valence-electron chi connectivity index (χ1n) is 6.69. The normalized spacial score (nSPS) is 17.7. The molecule has 1 fully saturated rings. The van der Waals surface area contributed by atoms with E-state index in [-0.39, 0.29) is 11.9 Å². The Hall–Kier alpha value is -1.84. The van der Waals surface area contributed by atoms with Crippen LogP contribution in [-0.4, -0.2) is 28.9 Å². The molecule has 0 aromatic heterocycles. The Morgan fingerprint density at radius 1 is 1.11 bits per heavy atom. The van der Waals surface area contributed by atoms with Crippen molar-refractivity contribution in [3.8, 4) is 0 Å². The largest absolute Gasteiger partial charge is 0.324 e. The second-order valence-corrected chi connectivity index (χ2v) is 5.41. The fourth-order valence-corrected chi connectivity index (χ4v) is 2.32. The molecule has 1 aromatic rings. The zero-order valence-corrected chi connectivity index (χ0v) is 11.5. The predicted octanol–water partition coefficient (Wildman–Crippen LogP) is 2.34. The van der Waals surface area contributed by atoms with Gasteiger partial charge < -0.3 is 4.90 Å². The average Bonchev–Trinajstić information content (AvgIpc) is 2.57. The van der Waals surface area contributed by atoms with Crippen molar-refractivity contribution in [2.75, 3.05) is 6.54 Å². The van der Waals surface area contributed by atoms with Gasteiger partial charge in [0.05, 0.1) is 0 Å². The minimum Gasteiger partial charge on any atom is -0.310 e. The van der Waals surface area contributed by atoms with Gasteiger partial charge in [-0.05, 0) is 38.7 Å². The summed E-state index contributed by atoms with van der Waals surface area (Å²) in [5.74, 6) is -0.208. The van der Waals surface area contributed by atoms with Crippen molar-refractivity contribution < 1.29 is 9.59 Å². The van der Waals surface area contributed by atoms with Crippen molar-refractivity contribution in [1.82, 2.24) is 10.2 Å². The molecule has 19 heavy (non-hydrogen) atoms. The Morgan fingerprint density at radius 3 is 2.37 bits per heavy atom. The van der Waals surface area contributed by atoms with Crippen LogP contribution in [0.25, 0.3) is 0 Å². The van der Waals surface area contributed by atoms with Gasteiger partial charge in [0.1, 0.15) is 5.54 Å². The van der Waals surface area contributed by atoms with Crippen LogP contribution in [0.5, 0.6) is 0 Å². The zero-order valence-electron chi connectivity index (χ0n) is 11.5. The minimum absolute atomic E-state index is 0.208.